The first-order valence-corrected chi connectivity index (χ1v) is 10.1. The molecule has 0 radical (unpaired) electrons. The fraction of sp³-hybridized carbons (Fsp3) is 0.545. The number of amides is 1. The van der Waals surface area contributed by atoms with Gasteiger partial charge in [0.05, 0.1) is 12.3 Å². The average molecular weight is 386 g/mol. The first-order chi connectivity index (χ1) is 13.3. The maximum absolute atomic E-state index is 12.2. The van der Waals surface area contributed by atoms with E-state index in [1.165, 1.54) is 5.56 Å². The lowest BCUT2D eigenvalue weighted by Gasteiger charge is -2.33. The Morgan fingerprint density at radius 3 is 2.50 bits per heavy atom. The maximum Gasteiger partial charge on any atom is 0.410 e. The van der Waals surface area contributed by atoms with Crippen LogP contribution < -0.4 is 4.74 Å². The molecule has 2 heterocycles. The molecule has 28 heavy (non-hydrogen) atoms. The molecule has 0 bridgehead atoms. The molecule has 1 N–H and O–H groups in total. The standard InChI is InChI=1S/C22H31N3O3/c1-5-27-19-8-6-16(7-9-19)14-18-15-20(24-23-18)17-10-12-25(13-11-17)21(26)28-22(2,3)4/h6-9,15,17H,5,10-14H2,1-4H3,(H,23,24). The molecule has 0 unspecified atom stereocenters. The van der Waals surface area contributed by atoms with Crippen molar-refractivity contribution < 1.29 is 14.3 Å². The predicted molar refractivity (Wildman–Crippen MR) is 109 cm³/mol. The predicted octanol–water partition coefficient (Wildman–Crippen LogP) is 4.51. The van der Waals surface area contributed by atoms with Gasteiger partial charge in [0.25, 0.3) is 0 Å². The van der Waals surface area contributed by atoms with Crippen LogP contribution in [0.25, 0.3) is 0 Å². The van der Waals surface area contributed by atoms with Crippen molar-refractivity contribution in [2.45, 2.75) is 58.5 Å². The molecule has 1 saturated heterocycles. The topological polar surface area (TPSA) is 67.4 Å². The summed E-state index contributed by atoms with van der Waals surface area (Å²) < 4.78 is 11.0. The van der Waals surface area contributed by atoms with Crippen LogP contribution in [0.3, 0.4) is 0 Å². The zero-order valence-electron chi connectivity index (χ0n) is 17.3. The lowest BCUT2D eigenvalue weighted by molar-refractivity contribution is 0.0204. The number of hydrogen-bond acceptors (Lipinski definition) is 4. The maximum atomic E-state index is 12.2. The van der Waals surface area contributed by atoms with Gasteiger partial charge in [-0.1, -0.05) is 12.1 Å². The molecule has 1 aliphatic heterocycles. The highest BCUT2D eigenvalue weighted by atomic mass is 16.6. The number of piperidine rings is 1. The number of carbonyl (C=O) groups is 1. The molecule has 0 aliphatic carbocycles. The van der Waals surface area contributed by atoms with E-state index in [1.807, 2.05) is 39.8 Å². The van der Waals surface area contributed by atoms with E-state index >= 15 is 0 Å². The van der Waals surface area contributed by atoms with Gasteiger partial charge in [-0.3, -0.25) is 5.10 Å². The second kappa shape index (κ2) is 8.67. The lowest BCUT2D eigenvalue weighted by atomic mass is 9.93. The second-order valence-corrected chi connectivity index (χ2v) is 8.31. The summed E-state index contributed by atoms with van der Waals surface area (Å²) in [5.41, 5.74) is 2.95. The first kappa shape index (κ1) is 20.2. The van der Waals surface area contributed by atoms with Crippen LogP contribution in [0, 0.1) is 0 Å². The summed E-state index contributed by atoms with van der Waals surface area (Å²) in [6.07, 6.45) is 2.42. The Hall–Kier alpha value is -2.50. The van der Waals surface area contributed by atoms with Gasteiger partial charge in [-0.15, -0.1) is 0 Å². The van der Waals surface area contributed by atoms with Crippen LogP contribution >= 0.6 is 0 Å². The molecule has 1 aliphatic rings. The summed E-state index contributed by atoms with van der Waals surface area (Å²) in [4.78, 5) is 14.0. The highest BCUT2D eigenvalue weighted by Gasteiger charge is 2.28. The summed E-state index contributed by atoms with van der Waals surface area (Å²) in [5, 5.41) is 7.69. The Morgan fingerprint density at radius 1 is 1.21 bits per heavy atom. The normalized spacial score (nSPS) is 15.5. The number of rotatable bonds is 5. The van der Waals surface area contributed by atoms with Crippen LogP contribution in [0.5, 0.6) is 5.75 Å². The van der Waals surface area contributed by atoms with Gasteiger partial charge in [0.2, 0.25) is 0 Å². The molecule has 152 valence electrons. The average Bonchev–Trinajstić information content (AvgIpc) is 3.11. The number of ether oxygens (including phenoxy) is 2. The van der Waals surface area contributed by atoms with Crippen molar-refractivity contribution in [3.8, 4) is 5.75 Å². The van der Waals surface area contributed by atoms with E-state index < -0.39 is 5.60 Å². The number of H-pyrrole nitrogens is 1. The van der Waals surface area contributed by atoms with Gasteiger partial charge < -0.3 is 14.4 Å². The van der Waals surface area contributed by atoms with Crippen molar-refractivity contribution in [3.05, 3.63) is 47.3 Å². The fourth-order valence-corrected chi connectivity index (χ4v) is 3.46. The van der Waals surface area contributed by atoms with Gasteiger partial charge in [-0.25, -0.2) is 4.79 Å². The minimum atomic E-state index is -0.451. The number of aromatic amines is 1. The number of nitrogens with zero attached hydrogens (tertiary/aromatic N) is 2. The molecular weight excluding hydrogens is 354 g/mol. The third kappa shape index (κ3) is 5.50. The largest absolute Gasteiger partial charge is 0.494 e. The molecule has 6 nitrogen and oxygen atoms in total. The minimum Gasteiger partial charge on any atom is -0.494 e. The van der Waals surface area contributed by atoms with E-state index in [2.05, 4.69) is 28.4 Å². The Morgan fingerprint density at radius 2 is 1.89 bits per heavy atom. The zero-order valence-corrected chi connectivity index (χ0v) is 17.3. The molecule has 1 aromatic heterocycles. The number of benzene rings is 1. The van der Waals surface area contributed by atoms with E-state index in [0.717, 1.165) is 36.4 Å². The van der Waals surface area contributed by atoms with Crippen LogP contribution in [0.1, 0.15) is 63.4 Å². The van der Waals surface area contributed by atoms with Crippen LogP contribution in [0.2, 0.25) is 0 Å². The van der Waals surface area contributed by atoms with Gasteiger partial charge in [-0.05, 0) is 64.3 Å². The van der Waals surface area contributed by atoms with Crippen LogP contribution in [0.15, 0.2) is 30.3 Å². The van der Waals surface area contributed by atoms with Crippen molar-refractivity contribution >= 4 is 6.09 Å². The van der Waals surface area contributed by atoms with Gasteiger partial charge in [-0.2, -0.15) is 5.10 Å². The number of hydrogen-bond donors (Lipinski definition) is 1. The Balaban J connectivity index is 1.53. The number of nitrogens with one attached hydrogen (secondary N) is 1. The zero-order chi connectivity index (χ0) is 20.1. The molecule has 1 amide bonds. The first-order valence-electron chi connectivity index (χ1n) is 10.1. The van der Waals surface area contributed by atoms with E-state index in [4.69, 9.17) is 9.47 Å². The summed E-state index contributed by atoms with van der Waals surface area (Å²) in [6.45, 7) is 9.78. The van der Waals surface area contributed by atoms with E-state index in [-0.39, 0.29) is 6.09 Å². The number of aromatic nitrogens is 2. The minimum absolute atomic E-state index is 0.216. The molecule has 2 aromatic rings. The highest BCUT2D eigenvalue weighted by molar-refractivity contribution is 5.68. The van der Waals surface area contributed by atoms with Crippen LogP contribution in [0.4, 0.5) is 4.79 Å². The van der Waals surface area contributed by atoms with E-state index in [9.17, 15) is 4.79 Å². The number of likely N-dealkylation sites (tertiary alicyclic amines) is 1. The summed E-state index contributed by atoms with van der Waals surface area (Å²) in [7, 11) is 0. The lowest BCUT2D eigenvalue weighted by Crippen LogP contribution is -2.41. The Bertz CT molecular complexity index is 769. The van der Waals surface area contributed by atoms with E-state index in [0.29, 0.717) is 25.6 Å². The highest BCUT2D eigenvalue weighted by Crippen LogP contribution is 2.28. The number of carbonyl (C=O) groups excluding carboxylic acids is 1. The molecule has 1 aromatic carbocycles. The molecule has 0 saturated carbocycles. The monoisotopic (exact) mass is 385 g/mol. The summed E-state index contributed by atoms with van der Waals surface area (Å²) in [5.74, 6) is 1.30. The molecule has 3 rings (SSSR count). The van der Waals surface area contributed by atoms with Crippen LogP contribution in [-0.4, -0.2) is 46.5 Å². The van der Waals surface area contributed by atoms with E-state index in [1.54, 1.807) is 4.90 Å². The molecule has 6 heteroatoms. The van der Waals surface area contributed by atoms with Gasteiger partial charge in [0, 0.05) is 31.1 Å². The SMILES string of the molecule is CCOc1ccc(Cc2cc(C3CCN(C(=O)OC(C)(C)C)CC3)[nH]n2)cc1. The molecular formula is C22H31N3O3. The van der Waals surface area contributed by atoms with Crippen LogP contribution in [-0.2, 0) is 11.2 Å². The molecule has 0 spiro atoms. The Kier molecular flexibility index (Phi) is 6.27. The summed E-state index contributed by atoms with van der Waals surface area (Å²) in [6, 6.07) is 10.3. The quantitative estimate of drug-likeness (QED) is 0.822. The fourth-order valence-electron chi connectivity index (χ4n) is 3.46. The van der Waals surface area contributed by atoms with Gasteiger partial charge in [0.1, 0.15) is 11.4 Å². The van der Waals surface area contributed by atoms with Crippen molar-refractivity contribution in [1.29, 1.82) is 0 Å². The van der Waals surface area contributed by atoms with Gasteiger partial charge >= 0.3 is 6.09 Å². The summed E-state index contributed by atoms with van der Waals surface area (Å²) >= 11 is 0. The van der Waals surface area contributed by atoms with Crippen molar-refractivity contribution in [3.63, 3.8) is 0 Å². The molecule has 1 fully saturated rings. The third-order valence-electron chi connectivity index (χ3n) is 4.86. The van der Waals surface area contributed by atoms with Crippen molar-refractivity contribution in [2.24, 2.45) is 0 Å². The van der Waals surface area contributed by atoms with Crippen molar-refractivity contribution in [1.82, 2.24) is 15.1 Å². The Labute approximate surface area is 167 Å². The van der Waals surface area contributed by atoms with Crippen molar-refractivity contribution in [2.75, 3.05) is 19.7 Å². The third-order valence-corrected chi connectivity index (χ3v) is 4.86. The van der Waals surface area contributed by atoms with Gasteiger partial charge in [0.15, 0.2) is 0 Å². The second-order valence-electron chi connectivity index (χ2n) is 8.31. The molecule has 0 atom stereocenters. The smallest absolute Gasteiger partial charge is 0.410 e.